The van der Waals surface area contributed by atoms with Crippen LogP contribution in [-0.4, -0.2) is 32.1 Å². The number of hydrogen-bond acceptors (Lipinski definition) is 5. The Hall–Kier alpha value is -2.34. The lowest BCUT2D eigenvalue weighted by molar-refractivity contribution is -0.122. The fraction of sp³-hybridized carbons (Fsp3) is 0.500. The molecule has 1 aliphatic heterocycles. The average Bonchev–Trinajstić information content (AvgIpc) is 2.63. The number of benzene rings is 1. The Bertz CT molecular complexity index is 859. The minimum Gasteiger partial charge on any atom is -0.497 e. The Morgan fingerprint density at radius 2 is 2.23 bits per heavy atom. The summed E-state index contributed by atoms with van der Waals surface area (Å²) in [6.45, 7) is 5.84. The third kappa shape index (κ3) is 3.90. The van der Waals surface area contributed by atoms with Gasteiger partial charge in [0.2, 0.25) is 5.91 Å². The first kappa shape index (κ1) is 18.5. The highest BCUT2D eigenvalue weighted by Gasteiger charge is 2.22. The normalized spacial score (nSPS) is 20.1. The highest BCUT2D eigenvalue weighted by Crippen LogP contribution is 2.24. The van der Waals surface area contributed by atoms with Crippen molar-refractivity contribution in [2.24, 2.45) is 5.92 Å². The van der Waals surface area contributed by atoms with E-state index in [2.05, 4.69) is 17.6 Å². The molecule has 1 aromatic carbocycles. The lowest BCUT2D eigenvalue weighted by Crippen LogP contribution is -2.50. The molecule has 1 aromatic heterocycles. The van der Waals surface area contributed by atoms with Crippen molar-refractivity contribution in [3.05, 3.63) is 39.7 Å². The zero-order valence-electron chi connectivity index (χ0n) is 15.6. The summed E-state index contributed by atoms with van der Waals surface area (Å²) in [7, 11) is 1.57. The maximum Gasteiger partial charge on any atom is 0.339 e. The van der Waals surface area contributed by atoms with Gasteiger partial charge >= 0.3 is 5.63 Å². The Labute approximate surface area is 152 Å². The Kier molecular flexibility index (Phi) is 5.61. The predicted octanol–water partition coefficient (Wildman–Crippen LogP) is 2.16. The van der Waals surface area contributed by atoms with E-state index in [1.165, 1.54) is 0 Å². The van der Waals surface area contributed by atoms with Crippen molar-refractivity contribution in [1.29, 1.82) is 0 Å². The minimum absolute atomic E-state index is 0.0285. The molecule has 0 bridgehead atoms. The number of ether oxygens (including phenoxy) is 1. The standard InChI is InChI=1S/C20H26N2O4/c1-12-8-9-21-11-17(12)22-19(23)7-6-16-13(2)15-5-4-14(25-3)10-18(15)26-20(16)24/h4-5,10,12,17,21H,6-9,11H2,1-3H3,(H,22,23). The van der Waals surface area contributed by atoms with E-state index in [4.69, 9.17) is 9.15 Å². The van der Waals surface area contributed by atoms with Crippen LogP contribution in [0.1, 0.15) is 30.9 Å². The summed E-state index contributed by atoms with van der Waals surface area (Å²) in [5, 5.41) is 7.25. The highest BCUT2D eigenvalue weighted by atomic mass is 16.5. The van der Waals surface area contributed by atoms with E-state index in [0.29, 0.717) is 29.2 Å². The van der Waals surface area contributed by atoms with E-state index in [0.717, 1.165) is 30.5 Å². The van der Waals surface area contributed by atoms with E-state index in [-0.39, 0.29) is 24.0 Å². The van der Waals surface area contributed by atoms with Crippen LogP contribution in [0, 0.1) is 12.8 Å². The van der Waals surface area contributed by atoms with E-state index in [1.54, 1.807) is 13.2 Å². The molecule has 6 nitrogen and oxygen atoms in total. The van der Waals surface area contributed by atoms with E-state index in [1.807, 2.05) is 19.1 Å². The van der Waals surface area contributed by atoms with Crippen LogP contribution in [0.5, 0.6) is 5.75 Å². The van der Waals surface area contributed by atoms with Gasteiger partial charge < -0.3 is 19.8 Å². The lowest BCUT2D eigenvalue weighted by Gasteiger charge is -2.30. The molecule has 26 heavy (non-hydrogen) atoms. The molecule has 0 aliphatic carbocycles. The highest BCUT2D eigenvalue weighted by molar-refractivity contribution is 5.82. The summed E-state index contributed by atoms with van der Waals surface area (Å²) in [6, 6.07) is 5.57. The quantitative estimate of drug-likeness (QED) is 0.801. The molecular formula is C20H26N2O4. The van der Waals surface area contributed by atoms with Crippen LogP contribution in [0.25, 0.3) is 11.0 Å². The zero-order valence-corrected chi connectivity index (χ0v) is 15.6. The molecule has 140 valence electrons. The van der Waals surface area contributed by atoms with Crippen molar-refractivity contribution in [3.63, 3.8) is 0 Å². The SMILES string of the molecule is COc1ccc2c(C)c(CCC(=O)NC3CNCCC3C)c(=O)oc2c1. The molecule has 0 spiro atoms. The predicted molar refractivity (Wildman–Crippen MR) is 101 cm³/mol. The van der Waals surface area contributed by atoms with Crippen molar-refractivity contribution in [3.8, 4) is 5.75 Å². The van der Waals surface area contributed by atoms with Gasteiger partial charge in [-0.25, -0.2) is 4.79 Å². The maximum atomic E-state index is 12.4. The first-order chi connectivity index (χ1) is 12.5. The first-order valence-electron chi connectivity index (χ1n) is 9.10. The van der Waals surface area contributed by atoms with Gasteiger partial charge in [-0.3, -0.25) is 4.79 Å². The summed E-state index contributed by atoms with van der Waals surface area (Å²) < 4.78 is 10.6. The molecule has 2 heterocycles. The number of piperidine rings is 1. The van der Waals surface area contributed by atoms with Gasteiger partial charge in [-0.1, -0.05) is 6.92 Å². The topological polar surface area (TPSA) is 80.6 Å². The van der Waals surface area contributed by atoms with Crippen molar-refractivity contribution in [2.45, 2.75) is 39.2 Å². The summed E-state index contributed by atoms with van der Waals surface area (Å²) >= 11 is 0. The minimum atomic E-state index is -0.385. The molecule has 1 amide bonds. The third-order valence-corrected chi connectivity index (χ3v) is 5.27. The smallest absolute Gasteiger partial charge is 0.339 e. The number of nitrogens with one attached hydrogen (secondary N) is 2. The molecule has 2 atom stereocenters. The first-order valence-corrected chi connectivity index (χ1v) is 9.10. The number of carbonyl (C=O) groups excluding carboxylic acids is 1. The number of aryl methyl sites for hydroxylation is 1. The van der Waals surface area contributed by atoms with Gasteiger partial charge in [0.05, 0.1) is 7.11 Å². The number of rotatable bonds is 5. The molecule has 1 aliphatic rings. The van der Waals surface area contributed by atoms with Gasteiger partial charge in [0.25, 0.3) is 0 Å². The molecule has 2 N–H and O–H groups in total. The van der Waals surface area contributed by atoms with Crippen LogP contribution in [0.15, 0.2) is 27.4 Å². The van der Waals surface area contributed by atoms with Crippen molar-refractivity contribution < 1.29 is 13.9 Å². The summed E-state index contributed by atoms with van der Waals surface area (Å²) in [5.41, 5.74) is 1.54. The molecular weight excluding hydrogens is 332 g/mol. The van der Waals surface area contributed by atoms with Crippen molar-refractivity contribution in [1.82, 2.24) is 10.6 Å². The second-order valence-electron chi connectivity index (χ2n) is 7.00. The molecule has 0 saturated carbocycles. The number of fused-ring (bicyclic) bond motifs is 1. The summed E-state index contributed by atoms with van der Waals surface area (Å²) in [5.74, 6) is 1.07. The third-order valence-electron chi connectivity index (χ3n) is 5.27. The van der Waals surface area contributed by atoms with Gasteiger partial charge in [0.1, 0.15) is 11.3 Å². The Balaban J connectivity index is 1.72. The largest absolute Gasteiger partial charge is 0.497 e. The van der Waals surface area contributed by atoms with Gasteiger partial charge in [-0.15, -0.1) is 0 Å². The molecule has 2 aromatic rings. The second kappa shape index (κ2) is 7.91. The number of amides is 1. The van der Waals surface area contributed by atoms with Crippen LogP contribution >= 0.6 is 0 Å². The van der Waals surface area contributed by atoms with Gasteiger partial charge in [0.15, 0.2) is 0 Å². The molecule has 1 fully saturated rings. The van der Waals surface area contributed by atoms with Crippen LogP contribution in [0.3, 0.4) is 0 Å². The molecule has 1 saturated heterocycles. The zero-order chi connectivity index (χ0) is 18.7. The fourth-order valence-corrected chi connectivity index (χ4v) is 3.49. The summed E-state index contributed by atoms with van der Waals surface area (Å²) in [6.07, 6.45) is 1.70. The van der Waals surface area contributed by atoms with Crippen LogP contribution in [-0.2, 0) is 11.2 Å². The van der Waals surface area contributed by atoms with Crippen LogP contribution in [0.2, 0.25) is 0 Å². The van der Waals surface area contributed by atoms with Gasteiger partial charge in [-0.2, -0.15) is 0 Å². The maximum absolute atomic E-state index is 12.4. The van der Waals surface area contributed by atoms with Gasteiger partial charge in [-0.05, 0) is 49.9 Å². The Morgan fingerprint density at radius 3 is 2.96 bits per heavy atom. The monoisotopic (exact) mass is 358 g/mol. The van der Waals surface area contributed by atoms with E-state index < -0.39 is 0 Å². The number of methoxy groups -OCH3 is 1. The fourth-order valence-electron chi connectivity index (χ4n) is 3.49. The average molecular weight is 358 g/mol. The molecule has 6 heteroatoms. The van der Waals surface area contributed by atoms with E-state index in [9.17, 15) is 9.59 Å². The molecule has 2 unspecified atom stereocenters. The van der Waals surface area contributed by atoms with E-state index >= 15 is 0 Å². The number of hydrogen-bond donors (Lipinski definition) is 2. The van der Waals surface area contributed by atoms with Crippen molar-refractivity contribution >= 4 is 16.9 Å². The van der Waals surface area contributed by atoms with Gasteiger partial charge in [0, 0.05) is 36.0 Å². The van der Waals surface area contributed by atoms with Crippen LogP contribution in [0.4, 0.5) is 0 Å². The molecule has 3 rings (SSSR count). The van der Waals surface area contributed by atoms with Crippen LogP contribution < -0.4 is 21.0 Å². The summed E-state index contributed by atoms with van der Waals surface area (Å²) in [4.78, 5) is 24.7. The van der Waals surface area contributed by atoms with Crippen molar-refractivity contribution in [2.75, 3.05) is 20.2 Å². The lowest BCUT2D eigenvalue weighted by atomic mass is 9.94. The second-order valence-corrected chi connectivity index (χ2v) is 7.00. The Morgan fingerprint density at radius 1 is 1.42 bits per heavy atom. The number of carbonyl (C=O) groups is 1. The molecule has 0 radical (unpaired) electrons.